The number of aromatic carboxylic acids is 2. The van der Waals surface area contributed by atoms with Gasteiger partial charge in [0.2, 0.25) is 0 Å². The van der Waals surface area contributed by atoms with Gasteiger partial charge in [0.05, 0.1) is 11.1 Å². The van der Waals surface area contributed by atoms with E-state index in [4.69, 9.17) is 10.2 Å². The van der Waals surface area contributed by atoms with Crippen LogP contribution in [0.15, 0.2) is 12.1 Å². The Hall–Kier alpha value is -2.48. The molecule has 1 aromatic carbocycles. The van der Waals surface area contributed by atoms with Gasteiger partial charge in [-0.3, -0.25) is 0 Å². The van der Waals surface area contributed by atoms with Gasteiger partial charge in [0.1, 0.15) is 11.3 Å². The maximum absolute atomic E-state index is 10.8. The van der Waals surface area contributed by atoms with Crippen molar-refractivity contribution < 1.29 is 24.9 Å². The Balaban J connectivity index is 3.58. The minimum Gasteiger partial charge on any atom is -0.506 e. The fraction of sp³-hybridized carbons (Fsp3) is 0.0909. The maximum atomic E-state index is 10.8. The maximum Gasteiger partial charge on any atom is 0.340 e. The first-order chi connectivity index (χ1) is 7.49. The van der Waals surface area contributed by atoms with Gasteiger partial charge < -0.3 is 15.3 Å². The number of benzene rings is 1. The molecule has 0 fully saturated rings. The van der Waals surface area contributed by atoms with Crippen molar-refractivity contribution in [1.29, 1.82) is 0 Å². The number of rotatable bonds is 2. The van der Waals surface area contributed by atoms with Gasteiger partial charge in [0.25, 0.3) is 0 Å². The quantitative estimate of drug-likeness (QED) is 0.650. The number of aromatic hydroxyl groups is 1. The minimum absolute atomic E-state index is 0.0879. The van der Waals surface area contributed by atoms with Gasteiger partial charge in [-0.2, -0.15) is 0 Å². The molecule has 0 aliphatic heterocycles. The lowest BCUT2D eigenvalue weighted by Crippen LogP contribution is -2.08. The molecule has 0 saturated heterocycles. The van der Waals surface area contributed by atoms with Crippen LogP contribution < -0.4 is 0 Å². The Morgan fingerprint density at radius 1 is 1.19 bits per heavy atom. The third-order valence-electron chi connectivity index (χ3n) is 1.88. The van der Waals surface area contributed by atoms with Crippen LogP contribution in [0.3, 0.4) is 0 Å². The van der Waals surface area contributed by atoms with E-state index in [9.17, 15) is 14.7 Å². The van der Waals surface area contributed by atoms with Crippen LogP contribution in [0, 0.1) is 11.8 Å². The Morgan fingerprint density at radius 3 is 2.25 bits per heavy atom. The summed E-state index contributed by atoms with van der Waals surface area (Å²) in [4.78, 5) is 21.6. The van der Waals surface area contributed by atoms with E-state index < -0.39 is 28.8 Å². The molecule has 0 aliphatic rings. The highest BCUT2D eigenvalue weighted by Crippen LogP contribution is 2.25. The summed E-state index contributed by atoms with van der Waals surface area (Å²) in [5.41, 5.74) is -1.02. The highest BCUT2D eigenvalue weighted by molar-refractivity contribution is 6.04. The van der Waals surface area contributed by atoms with E-state index in [2.05, 4.69) is 11.8 Å². The summed E-state index contributed by atoms with van der Waals surface area (Å²) in [6.45, 7) is 1.52. The van der Waals surface area contributed by atoms with E-state index in [-0.39, 0.29) is 5.56 Å². The number of hydrogen-bond donors (Lipinski definition) is 3. The lowest BCUT2D eigenvalue weighted by Gasteiger charge is -2.05. The van der Waals surface area contributed by atoms with Crippen LogP contribution in [-0.2, 0) is 0 Å². The lowest BCUT2D eigenvalue weighted by molar-refractivity contribution is 0.0648. The van der Waals surface area contributed by atoms with Gasteiger partial charge in [-0.1, -0.05) is 5.92 Å². The zero-order chi connectivity index (χ0) is 12.3. The molecule has 0 atom stereocenters. The van der Waals surface area contributed by atoms with E-state index in [1.54, 1.807) is 0 Å². The Kier molecular flexibility index (Phi) is 3.16. The molecule has 1 rings (SSSR count). The highest BCUT2D eigenvalue weighted by Gasteiger charge is 2.22. The molecule has 5 heteroatoms. The molecule has 0 saturated carbocycles. The van der Waals surface area contributed by atoms with Crippen LogP contribution in [0.25, 0.3) is 0 Å². The molecule has 0 radical (unpaired) electrons. The summed E-state index contributed by atoms with van der Waals surface area (Å²) in [6, 6.07) is 2.37. The average Bonchev–Trinajstić information content (AvgIpc) is 2.20. The summed E-state index contributed by atoms with van der Waals surface area (Å²) in [7, 11) is 0. The molecule has 3 N–H and O–H groups in total. The van der Waals surface area contributed by atoms with Gasteiger partial charge in [-0.25, -0.2) is 9.59 Å². The second-order valence-electron chi connectivity index (χ2n) is 2.87. The smallest absolute Gasteiger partial charge is 0.340 e. The molecule has 5 nitrogen and oxygen atoms in total. The second kappa shape index (κ2) is 4.36. The van der Waals surface area contributed by atoms with Crippen molar-refractivity contribution in [2.24, 2.45) is 0 Å². The summed E-state index contributed by atoms with van der Waals surface area (Å²) in [5, 5.41) is 27.1. The van der Waals surface area contributed by atoms with E-state index >= 15 is 0 Å². The summed E-state index contributed by atoms with van der Waals surface area (Å²) >= 11 is 0. The van der Waals surface area contributed by atoms with Crippen LogP contribution in [0.1, 0.15) is 33.2 Å². The van der Waals surface area contributed by atoms with Gasteiger partial charge in [0.15, 0.2) is 0 Å². The van der Waals surface area contributed by atoms with Crippen molar-refractivity contribution in [3.63, 3.8) is 0 Å². The molecule has 0 aromatic heterocycles. The number of carbonyl (C=O) groups is 2. The summed E-state index contributed by atoms with van der Waals surface area (Å²) < 4.78 is 0. The zero-order valence-corrected chi connectivity index (χ0v) is 8.31. The van der Waals surface area contributed by atoms with Gasteiger partial charge >= 0.3 is 11.9 Å². The Bertz CT molecular complexity index is 519. The molecule has 0 amide bonds. The third kappa shape index (κ3) is 1.96. The molecule has 0 unspecified atom stereocenters. The van der Waals surface area contributed by atoms with Gasteiger partial charge in [-0.15, -0.1) is 5.92 Å². The summed E-state index contributed by atoms with van der Waals surface area (Å²) in [5.74, 6) is 1.43. The van der Waals surface area contributed by atoms with E-state index in [1.165, 1.54) is 13.0 Å². The molecule has 82 valence electrons. The van der Waals surface area contributed by atoms with Crippen LogP contribution in [-0.4, -0.2) is 27.3 Å². The summed E-state index contributed by atoms with van der Waals surface area (Å²) in [6.07, 6.45) is 0. The van der Waals surface area contributed by atoms with Crippen molar-refractivity contribution >= 4 is 11.9 Å². The molecule has 0 spiro atoms. The first kappa shape index (κ1) is 11.6. The molecule has 16 heavy (non-hydrogen) atoms. The van der Waals surface area contributed by atoms with Crippen molar-refractivity contribution in [3.8, 4) is 17.6 Å². The molecule has 0 aliphatic carbocycles. The Morgan fingerprint density at radius 2 is 1.81 bits per heavy atom. The van der Waals surface area contributed by atoms with Crippen molar-refractivity contribution in [3.05, 3.63) is 28.8 Å². The van der Waals surface area contributed by atoms with Crippen molar-refractivity contribution in [2.75, 3.05) is 0 Å². The number of hydrogen-bond acceptors (Lipinski definition) is 3. The first-order valence-corrected chi connectivity index (χ1v) is 4.24. The van der Waals surface area contributed by atoms with E-state index in [0.29, 0.717) is 0 Å². The van der Waals surface area contributed by atoms with E-state index in [1.807, 2.05) is 0 Å². The van der Waals surface area contributed by atoms with Gasteiger partial charge in [-0.05, 0) is 19.1 Å². The van der Waals surface area contributed by atoms with Gasteiger partial charge in [0, 0.05) is 0 Å². The van der Waals surface area contributed by atoms with Crippen LogP contribution in [0.2, 0.25) is 0 Å². The number of carboxylic acid groups (broad SMARTS) is 2. The topological polar surface area (TPSA) is 94.8 Å². The molecule has 0 heterocycles. The molecule has 1 aromatic rings. The lowest BCUT2D eigenvalue weighted by atomic mass is 10.0. The second-order valence-corrected chi connectivity index (χ2v) is 2.87. The van der Waals surface area contributed by atoms with Crippen molar-refractivity contribution in [1.82, 2.24) is 0 Å². The van der Waals surface area contributed by atoms with Crippen LogP contribution >= 0.6 is 0 Å². The highest BCUT2D eigenvalue weighted by atomic mass is 16.4. The van der Waals surface area contributed by atoms with Crippen LogP contribution in [0.4, 0.5) is 0 Å². The minimum atomic E-state index is -1.50. The monoisotopic (exact) mass is 220 g/mol. The standard InChI is InChI=1S/C11H8O5/c1-2-3-6-4-5-7(10(13)14)8(9(6)12)11(15)16/h4-5,12H,1H3,(H,13,14)(H,15,16). The largest absolute Gasteiger partial charge is 0.506 e. The van der Waals surface area contributed by atoms with Crippen molar-refractivity contribution in [2.45, 2.75) is 6.92 Å². The molecule has 0 bridgehead atoms. The molecular formula is C11H8O5. The fourth-order valence-corrected chi connectivity index (χ4v) is 1.22. The predicted molar refractivity (Wildman–Crippen MR) is 54.6 cm³/mol. The Labute approximate surface area is 91.0 Å². The number of phenols is 1. The average molecular weight is 220 g/mol. The molecular weight excluding hydrogens is 212 g/mol. The first-order valence-electron chi connectivity index (χ1n) is 4.24. The third-order valence-corrected chi connectivity index (χ3v) is 1.88. The fourth-order valence-electron chi connectivity index (χ4n) is 1.22. The zero-order valence-electron chi connectivity index (χ0n) is 8.31. The van der Waals surface area contributed by atoms with Crippen LogP contribution in [0.5, 0.6) is 5.75 Å². The number of carboxylic acids is 2. The van der Waals surface area contributed by atoms with E-state index in [0.717, 1.165) is 6.07 Å². The SMILES string of the molecule is CC#Cc1ccc(C(=O)O)c(C(=O)O)c1O. The normalized spacial score (nSPS) is 9.06. The predicted octanol–water partition coefficient (Wildman–Crippen LogP) is 1.16.